The van der Waals surface area contributed by atoms with Gasteiger partial charge in [0.2, 0.25) is 10.0 Å². The van der Waals surface area contributed by atoms with E-state index in [1.165, 1.54) is 27.2 Å². The number of hydrogen-bond acceptors (Lipinski definition) is 6. The van der Waals surface area contributed by atoms with Crippen molar-refractivity contribution in [1.82, 2.24) is 8.87 Å². The largest absolute Gasteiger partial charge is 0.440 e. The highest BCUT2D eigenvalue weighted by Gasteiger charge is 2.32. The lowest BCUT2D eigenvalue weighted by atomic mass is 10.2. The van der Waals surface area contributed by atoms with E-state index in [1.807, 2.05) is 0 Å². The number of nitrogens with zero attached hydrogens (tertiary/aromatic N) is 2. The summed E-state index contributed by atoms with van der Waals surface area (Å²) in [5.74, 6) is -0.552. The highest BCUT2D eigenvalue weighted by molar-refractivity contribution is 7.89. The Bertz CT molecular complexity index is 1250. The summed E-state index contributed by atoms with van der Waals surface area (Å²) in [6.45, 7) is 0.331. The smallest absolute Gasteiger partial charge is 0.339 e. The number of carbonyl (C=O) groups is 1. The number of carbonyl (C=O) groups excluding carboxylic acids is 1. The van der Waals surface area contributed by atoms with Gasteiger partial charge in [0.1, 0.15) is 0 Å². The van der Waals surface area contributed by atoms with Crippen molar-refractivity contribution < 1.29 is 17.9 Å². The minimum atomic E-state index is -3.77. The molecule has 2 heterocycles. The number of benzene rings is 2. The van der Waals surface area contributed by atoms with Gasteiger partial charge in [-0.05, 0) is 36.8 Å². The number of fused-ring (bicyclic) bond motifs is 1. The molecule has 0 bridgehead atoms. The first-order chi connectivity index (χ1) is 14.4. The molecule has 4 rings (SSSR count). The maximum atomic E-state index is 13.1. The number of pyridine rings is 1. The van der Waals surface area contributed by atoms with E-state index in [9.17, 15) is 18.0 Å². The van der Waals surface area contributed by atoms with Crippen LogP contribution in [0.15, 0.2) is 70.5 Å². The number of aromatic nitrogens is 1. The first-order valence-corrected chi connectivity index (χ1v) is 10.9. The Morgan fingerprint density at radius 2 is 1.83 bits per heavy atom. The lowest BCUT2D eigenvalue weighted by molar-refractivity contribution is 0.0367. The van der Waals surface area contributed by atoms with Gasteiger partial charge in [-0.25, -0.2) is 13.2 Å². The number of sulfonamides is 1. The summed E-state index contributed by atoms with van der Waals surface area (Å²) < 4.78 is 33.9. The average Bonchev–Trinajstić information content (AvgIpc) is 3.20. The zero-order chi connectivity index (χ0) is 21.3. The van der Waals surface area contributed by atoms with E-state index in [4.69, 9.17) is 10.5 Å². The standard InChI is InChI=1S/C21H21N3O5S/c22-16-9-12-24(13-16)30(27,28)19-8-4-7-18-17(19)10-11-23(20(18)25)14-29-21(26)15-5-2-1-3-6-15/h1-8,10-11,16H,9,12-14,22H2. The molecule has 1 aliphatic rings. The number of esters is 1. The van der Waals surface area contributed by atoms with Crippen LogP contribution in [0.2, 0.25) is 0 Å². The van der Waals surface area contributed by atoms with Crippen molar-refractivity contribution in [3.05, 3.63) is 76.7 Å². The molecule has 1 unspecified atom stereocenters. The molecule has 1 fully saturated rings. The topological polar surface area (TPSA) is 112 Å². The zero-order valence-electron chi connectivity index (χ0n) is 16.1. The highest BCUT2D eigenvalue weighted by Crippen LogP contribution is 2.26. The maximum absolute atomic E-state index is 13.1. The Labute approximate surface area is 173 Å². The van der Waals surface area contributed by atoms with Gasteiger partial charge < -0.3 is 10.5 Å². The van der Waals surface area contributed by atoms with Crippen LogP contribution in [0.25, 0.3) is 10.8 Å². The zero-order valence-corrected chi connectivity index (χ0v) is 16.9. The SMILES string of the molecule is NC1CCN(S(=O)(=O)c2cccc3c(=O)n(COC(=O)c4ccccc4)ccc23)C1. The number of nitrogens with two attached hydrogens (primary N) is 1. The van der Waals surface area contributed by atoms with Crippen molar-refractivity contribution in [2.24, 2.45) is 5.73 Å². The van der Waals surface area contributed by atoms with Crippen LogP contribution in [-0.2, 0) is 21.5 Å². The molecule has 0 amide bonds. The van der Waals surface area contributed by atoms with Crippen LogP contribution in [-0.4, -0.2) is 42.4 Å². The quantitative estimate of drug-likeness (QED) is 0.618. The summed E-state index contributed by atoms with van der Waals surface area (Å²) in [6, 6.07) is 14.4. The molecular formula is C21H21N3O5S. The molecule has 1 saturated heterocycles. The first kappa shape index (κ1) is 20.3. The fraction of sp³-hybridized carbons (Fsp3) is 0.238. The van der Waals surface area contributed by atoms with Crippen LogP contribution in [0, 0.1) is 0 Å². The van der Waals surface area contributed by atoms with Crippen molar-refractivity contribution in [3.63, 3.8) is 0 Å². The Hall–Kier alpha value is -3.01. The van der Waals surface area contributed by atoms with Gasteiger partial charge in [-0.1, -0.05) is 24.3 Å². The summed E-state index contributed by atoms with van der Waals surface area (Å²) in [6.07, 6.45) is 2.03. The molecule has 1 atom stereocenters. The molecule has 0 aliphatic carbocycles. The minimum Gasteiger partial charge on any atom is -0.440 e. The van der Waals surface area contributed by atoms with E-state index in [2.05, 4.69) is 0 Å². The number of ether oxygens (including phenoxy) is 1. The summed E-state index contributed by atoms with van der Waals surface area (Å²) >= 11 is 0. The van der Waals surface area contributed by atoms with Gasteiger partial charge >= 0.3 is 5.97 Å². The van der Waals surface area contributed by atoms with E-state index in [-0.39, 0.29) is 29.6 Å². The van der Waals surface area contributed by atoms with Gasteiger partial charge in [-0.3, -0.25) is 9.36 Å². The molecule has 1 aliphatic heterocycles. The summed E-state index contributed by atoms with van der Waals surface area (Å²) in [5.41, 5.74) is 5.79. The Balaban J connectivity index is 1.64. The number of rotatable bonds is 5. The monoisotopic (exact) mass is 427 g/mol. The van der Waals surface area contributed by atoms with Crippen molar-refractivity contribution in [1.29, 1.82) is 0 Å². The van der Waals surface area contributed by atoms with Gasteiger partial charge in [0, 0.05) is 36.1 Å². The van der Waals surface area contributed by atoms with Crippen LogP contribution in [0.3, 0.4) is 0 Å². The molecule has 9 heteroatoms. The molecule has 0 spiro atoms. The average molecular weight is 427 g/mol. The van der Waals surface area contributed by atoms with Crippen LogP contribution in [0.1, 0.15) is 16.8 Å². The molecule has 1 aromatic heterocycles. The van der Waals surface area contributed by atoms with Gasteiger partial charge in [-0.2, -0.15) is 4.31 Å². The third kappa shape index (κ3) is 3.74. The minimum absolute atomic E-state index is 0.0691. The predicted molar refractivity (Wildman–Crippen MR) is 111 cm³/mol. The Morgan fingerprint density at radius 1 is 1.07 bits per heavy atom. The van der Waals surface area contributed by atoms with Crippen molar-refractivity contribution in [3.8, 4) is 0 Å². The van der Waals surface area contributed by atoms with Crippen LogP contribution >= 0.6 is 0 Å². The third-order valence-corrected chi connectivity index (χ3v) is 7.05. The number of hydrogen-bond donors (Lipinski definition) is 1. The first-order valence-electron chi connectivity index (χ1n) is 9.48. The van der Waals surface area contributed by atoms with E-state index in [0.717, 1.165) is 0 Å². The Morgan fingerprint density at radius 3 is 2.53 bits per heavy atom. The van der Waals surface area contributed by atoms with E-state index in [1.54, 1.807) is 42.5 Å². The lowest BCUT2D eigenvalue weighted by Gasteiger charge is -2.17. The summed E-state index contributed by atoms with van der Waals surface area (Å²) in [7, 11) is -3.77. The molecule has 3 aromatic rings. The Kier molecular flexibility index (Phi) is 5.42. The molecular weight excluding hydrogens is 406 g/mol. The fourth-order valence-corrected chi connectivity index (χ4v) is 5.23. The van der Waals surface area contributed by atoms with Crippen molar-refractivity contribution in [2.45, 2.75) is 24.1 Å². The third-order valence-electron chi connectivity index (χ3n) is 5.13. The lowest BCUT2D eigenvalue weighted by Crippen LogP contribution is -2.32. The van der Waals surface area contributed by atoms with Gasteiger partial charge in [0.25, 0.3) is 5.56 Å². The molecule has 30 heavy (non-hydrogen) atoms. The van der Waals surface area contributed by atoms with Crippen molar-refractivity contribution in [2.75, 3.05) is 13.1 Å². The van der Waals surface area contributed by atoms with E-state index >= 15 is 0 Å². The molecule has 2 aromatic carbocycles. The van der Waals surface area contributed by atoms with Crippen LogP contribution < -0.4 is 11.3 Å². The molecule has 0 saturated carbocycles. The van der Waals surface area contributed by atoms with Crippen LogP contribution in [0.5, 0.6) is 0 Å². The van der Waals surface area contributed by atoms with E-state index in [0.29, 0.717) is 23.9 Å². The second kappa shape index (κ2) is 8.02. The molecule has 2 N–H and O–H groups in total. The fourth-order valence-electron chi connectivity index (χ4n) is 3.51. The normalized spacial score (nSPS) is 17.3. The van der Waals surface area contributed by atoms with E-state index < -0.39 is 21.6 Å². The second-order valence-electron chi connectivity index (χ2n) is 7.15. The maximum Gasteiger partial charge on any atom is 0.339 e. The van der Waals surface area contributed by atoms with Gasteiger partial charge in [0.15, 0.2) is 6.73 Å². The van der Waals surface area contributed by atoms with Gasteiger partial charge in [0.05, 0.1) is 10.5 Å². The van der Waals surface area contributed by atoms with Gasteiger partial charge in [-0.15, -0.1) is 0 Å². The molecule has 8 nitrogen and oxygen atoms in total. The second-order valence-corrected chi connectivity index (χ2v) is 9.05. The van der Waals surface area contributed by atoms with Crippen molar-refractivity contribution >= 4 is 26.8 Å². The highest BCUT2D eigenvalue weighted by atomic mass is 32.2. The van der Waals surface area contributed by atoms with Crippen LogP contribution in [0.4, 0.5) is 0 Å². The predicted octanol–water partition coefficient (Wildman–Crippen LogP) is 1.54. The molecule has 156 valence electrons. The summed E-state index contributed by atoms with van der Waals surface area (Å²) in [5, 5.41) is 0.562. The molecule has 0 radical (unpaired) electrons. The summed E-state index contributed by atoms with van der Waals surface area (Å²) in [4.78, 5) is 25.1.